The molecule has 0 amide bonds. The van der Waals surface area contributed by atoms with Gasteiger partial charge in [-0.2, -0.15) is 18.3 Å². The van der Waals surface area contributed by atoms with E-state index in [4.69, 9.17) is 4.74 Å². The molecule has 1 heterocycles. The summed E-state index contributed by atoms with van der Waals surface area (Å²) >= 11 is 1.35. The molecule has 3 aromatic rings. The second kappa shape index (κ2) is 7.57. The molecule has 134 valence electrons. The van der Waals surface area contributed by atoms with Crippen LogP contribution in [0.25, 0.3) is 11.3 Å². The van der Waals surface area contributed by atoms with Gasteiger partial charge in [0.25, 0.3) is 0 Å². The average Bonchev–Trinajstić information content (AvgIpc) is 3.10. The molecule has 0 saturated heterocycles. The SMILES string of the molecule is COc1ccc(C(F)(F)F)cc1C=NNc1nc(-c2ccccc2)cs1. The minimum atomic E-state index is -4.43. The third-order valence-electron chi connectivity index (χ3n) is 3.49. The summed E-state index contributed by atoms with van der Waals surface area (Å²) in [5.74, 6) is 0.299. The number of ether oxygens (including phenoxy) is 1. The van der Waals surface area contributed by atoms with Gasteiger partial charge >= 0.3 is 6.18 Å². The smallest absolute Gasteiger partial charge is 0.416 e. The van der Waals surface area contributed by atoms with E-state index in [2.05, 4.69) is 15.5 Å². The van der Waals surface area contributed by atoms with E-state index >= 15 is 0 Å². The van der Waals surface area contributed by atoms with Gasteiger partial charge in [0.05, 0.1) is 24.6 Å². The number of halogens is 3. The fourth-order valence-corrected chi connectivity index (χ4v) is 2.90. The van der Waals surface area contributed by atoms with Crippen molar-refractivity contribution in [2.24, 2.45) is 5.10 Å². The third-order valence-corrected chi connectivity index (χ3v) is 4.24. The molecule has 0 atom stereocenters. The Hall–Kier alpha value is -2.87. The summed E-state index contributed by atoms with van der Waals surface area (Å²) in [6.45, 7) is 0. The molecule has 26 heavy (non-hydrogen) atoms. The van der Waals surface area contributed by atoms with E-state index in [0.717, 1.165) is 23.4 Å². The van der Waals surface area contributed by atoms with Crippen LogP contribution in [0.4, 0.5) is 18.3 Å². The average molecular weight is 377 g/mol. The van der Waals surface area contributed by atoms with Crippen molar-refractivity contribution in [1.29, 1.82) is 0 Å². The Labute approximate surface area is 152 Å². The largest absolute Gasteiger partial charge is 0.496 e. The Morgan fingerprint density at radius 3 is 2.62 bits per heavy atom. The predicted molar refractivity (Wildman–Crippen MR) is 96.8 cm³/mol. The highest BCUT2D eigenvalue weighted by Crippen LogP contribution is 2.32. The van der Waals surface area contributed by atoms with E-state index in [9.17, 15) is 13.2 Å². The van der Waals surface area contributed by atoms with Gasteiger partial charge in [-0.1, -0.05) is 30.3 Å². The normalized spacial score (nSPS) is 11.7. The lowest BCUT2D eigenvalue weighted by molar-refractivity contribution is -0.137. The molecule has 4 nitrogen and oxygen atoms in total. The van der Waals surface area contributed by atoms with Gasteiger partial charge < -0.3 is 4.74 Å². The molecule has 0 aliphatic heterocycles. The highest BCUT2D eigenvalue weighted by Gasteiger charge is 2.30. The maximum absolute atomic E-state index is 12.8. The third kappa shape index (κ3) is 4.20. The molecule has 0 spiro atoms. The number of methoxy groups -OCH3 is 1. The van der Waals surface area contributed by atoms with E-state index in [1.54, 1.807) is 0 Å². The summed E-state index contributed by atoms with van der Waals surface area (Å²) in [5.41, 5.74) is 3.96. The highest BCUT2D eigenvalue weighted by molar-refractivity contribution is 7.14. The van der Waals surface area contributed by atoms with Crippen LogP contribution < -0.4 is 10.2 Å². The van der Waals surface area contributed by atoms with Gasteiger partial charge in [0, 0.05) is 16.5 Å². The Bertz CT molecular complexity index is 908. The minimum absolute atomic E-state index is 0.217. The number of thiazole rings is 1. The second-order valence-corrected chi connectivity index (χ2v) is 6.09. The zero-order valence-corrected chi connectivity index (χ0v) is 14.4. The fraction of sp³-hybridized carbons (Fsp3) is 0.111. The van der Waals surface area contributed by atoms with Crippen LogP contribution in [-0.4, -0.2) is 18.3 Å². The first kappa shape index (κ1) is 17.9. The van der Waals surface area contributed by atoms with Crippen molar-refractivity contribution < 1.29 is 17.9 Å². The maximum Gasteiger partial charge on any atom is 0.416 e. The van der Waals surface area contributed by atoms with Crippen molar-refractivity contribution in [3.05, 3.63) is 65.0 Å². The summed E-state index contributed by atoms with van der Waals surface area (Å²) in [6, 6.07) is 12.9. The summed E-state index contributed by atoms with van der Waals surface area (Å²) in [5, 5.41) is 6.38. The summed E-state index contributed by atoms with van der Waals surface area (Å²) in [6.07, 6.45) is -3.15. The van der Waals surface area contributed by atoms with Crippen LogP contribution in [0.15, 0.2) is 59.0 Å². The Balaban J connectivity index is 1.76. The van der Waals surface area contributed by atoms with Gasteiger partial charge in [0.15, 0.2) is 0 Å². The molecule has 0 aliphatic carbocycles. The monoisotopic (exact) mass is 377 g/mol. The quantitative estimate of drug-likeness (QED) is 0.486. The Morgan fingerprint density at radius 2 is 1.92 bits per heavy atom. The van der Waals surface area contributed by atoms with Crippen molar-refractivity contribution in [2.75, 3.05) is 12.5 Å². The number of alkyl halides is 3. The van der Waals surface area contributed by atoms with Crippen LogP contribution in [0, 0.1) is 0 Å². The van der Waals surface area contributed by atoms with Gasteiger partial charge in [0.1, 0.15) is 5.75 Å². The number of hydrogen-bond acceptors (Lipinski definition) is 5. The van der Waals surface area contributed by atoms with E-state index in [0.29, 0.717) is 10.9 Å². The molecular formula is C18H14F3N3OS. The first-order valence-electron chi connectivity index (χ1n) is 7.52. The molecule has 3 rings (SSSR count). The molecule has 1 aromatic heterocycles. The number of nitrogens with zero attached hydrogens (tertiary/aromatic N) is 2. The molecular weight excluding hydrogens is 363 g/mol. The molecule has 8 heteroatoms. The number of anilines is 1. The van der Waals surface area contributed by atoms with Crippen LogP contribution in [0.2, 0.25) is 0 Å². The van der Waals surface area contributed by atoms with Crippen LogP contribution in [0.5, 0.6) is 5.75 Å². The van der Waals surface area contributed by atoms with E-state index in [-0.39, 0.29) is 5.56 Å². The van der Waals surface area contributed by atoms with Gasteiger partial charge in [-0.25, -0.2) is 4.98 Å². The molecule has 0 aliphatic rings. The number of aromatic nitrogens is 1. The van der Waals surface area contributed by atoms with E-state index < -0.39 is 11.7 Å². The lowest BCUT2D eigenvalue weighted by Crippen LogP contribution is -2.06. The zero-order valence-electron chi connectivity index (χ0n) is 13.6. The molecule has 0 radical (unpaired) electrons. The van der Waals surface area contributed by atoms with Crippen molar-refractivity contribution in [3.63, 3.8) is 0 Å². The van der Waals surface area contributed by atoms with Crippen LogP contribution in [0.3, 0.4) is 0 Å². The zero-order chi connectivity index (χ0) is 18.6. The topological polar surface area (TPSA) is 46.5 Å². The highest BCUT2D eigenvalue weighted by atomic mass is 32.1. The van der Waals surface area contributed by atoms with Gasteiger partial charge in [-0.05, 0) is 18.2 Å². The molecule has 0 bridgehead atoms. The fourth-order valence-electron chi connectivity index (χ4n) is 2.24. The number of nitrogens with one attached hydrogen (secondary N) is 1. The maximum atomic E-state index is 12.8. The summed E-state index contributed by atoms with van der Waals surface area (Å²) in [7, 11) is 1.39. The Kier molecular flexibility index (Phi) is 5.22. The number of rotatable bonds is 5. The van der Waals surface area contributed by atoms with Crippen molar-refractivity contribution in [3.8, 4) is 17.0 Å². The standard InChI is InChI=1S/C18H14F3N3OS/c1-25-16-8-7-14(18(19,20)21)9-13(16)10-22-24-17-23-15(11-26-17)12-5-3-2-4-6-12/h2-11H,1H3,(H,23,24). The Morgan fingerprint density at radius 1 is 1.15 bits per heavy atom. The van der Waals surface area contributed by atoms with E-state index in [1.807, 2.05) is 35.7 Å². The second-order valence-electron chi connectivity index (χ2n) is 5.23. The lowest BCUT2D eigenvalue weighted by atomic mass is 10.1. The first-order valence-corrected chi connectivity index (χ1v) is 8.40. The molecule has 0 unspecified atom stereocenters. The number of hydrazone groups is 1. The van der Waals surface area contributed by atoms with Crippen molar-refractivity contribution in [2.45, 2.75) is 6.18 Å². The summed E-state index contributed by atoms with van der Waals surface area (Å²) < 4.78 is 43.6. The summed E-state index contributed by atoms with van der Waals surface area (Å²) in [4.78, 5) is 4.39. The molecule has 0 fully saturated rings. The van der Waals surface area contributed by atoms with Crippen molar-refractivity contribution in [1.82, 2.24) is 4.98 Å². The van der Waals surface area contributed by atoms with Crippen LogP contribution in [0.1, 0.15) is 11.1 Å². The van der Waals surface area contributed by atoms with E-state index in [1.165, 1.54) is 30.7 Å². The number of hydrogen-bond donors (Lipinski definition) is 1. The molecule has 1 N–H and O–H groups in total. The minimum Gasteiger partial charge on any atom is -0.496 e. The predicted octanol–water partition coefficient (Wildman–Crippen LogP) is 5.28. The van der Waals surface area contributed by atoms with Gasteiger partial charge in [0.2, 0.25) is 5.13 Å². The van der Waals surface area contributed by atoms with Gasteiger partial charge in [-0.3, -0.25) is 5.43 Å². The first-order chi connectivity index (χ1) is 12.5. The molecule has 0 saturated carbocycles. The number of benzene rings is 2. The lowest BCUT2D eigenvalue weighted by Gasteiger charge is -2.10. The molecule has 2 aromatic carbocycles. The van der Waals surface area contributed by atoms with Crippen molar-refractivity contribution >= 4 is 22.7 Å². The van der Waals surface area contributed by atoms with Crippen LogP contribution in [-0.2, 0) is 6.18 Å². The van der Waals surface area contributed by atoms with Gasteiger partial charge in [-0.15, -0.1) is 11.3 Å². The van der Waals surface area contributed by atoms with Crippen LogP contribution >= 0.6 is 11.3 Å².